The van der Waals surface area contributed by atoms with Gasteiger partial charge in [0.25, 0.3) is 12.0 Å². The zero-order chi connectivity index (χ0) is 29.5. The third-order valence-corrected chi connectivity index (χ3v) is 10.9. The molecule has 13 heteroatoms. The van der Waals surface area contributed by atoms with Crippen molar-refractivity contribution in [3.63, 3.8) is 0 Å². The van der Waals surface area contributed by atoms with Gasteiger partial charge in [0.1, 0.15) is 0 Å². The highest BCUT2D eigenvalue weighted by atomic mass is 32.2. The van der Waals surface area contributed by atoms with Crippen LogP contribution in [0.1, 0.15) is 63.7 Å². The summed E-state index contributed by atoms with van der Waals surface area (Å²) in [5.41, 5.74) is 0.427. The molecule has 9 nitrogen and oxygen atoms in total. The zero-order valence-electron chi connectivity index (χ0n) is 22.8. The molecular formula is C27H34F2N4O5S2. The second-order valence-corrected chi connectivity index (χ2v) is 15.4. The van der Waals surface area contributed by atoms with E-state index in [9.17, 15) is 30.4 Å². The summed E-state index contributed by atoms with van der Waals surface area (Å²) in [4.78, 5) is 15.2. The van der Waals surface area contributed by atoms with Gasteiger partial charge in [0.05, 0.1) is 26.6 Å². The number of carbonyl (C=O) groups excluding carboxylic acids is 1. The molecule has 2 fully saturated rings. The van der Waals surface area contributed by atoms with Crippen molar-refractivity contribution in [2.75, 3.05) is 28.0 Å². The number of anilines is 3. The number of benzene rings is 2. The van der Waals surface area contributed by atoms with Crippen molar-refractivity contribution in [1.82, 2.24) is 4.72 Å². The van der Waals surface area contributed by atoms with E-state index in [0.717, 1.165) is 0 Å². The first-order valence-corrected chi connectivity index (χ1v) is 15.9. The van der Waals surface area contributed by atoms with Crippen LogP contribution in [0.2, 0.25) is 0 Å². The molecule has 40 heavy (non-hydrogen) atoms. The molecule has 1 saturated carbocycles. The minimum absolute atomic E-state index is 0.0256. The molecule has 2 aromatic rings. The number of halogens is 2. The van der Waals surface area contributed by atoms with Crippen LogP contribution in [-0.2, 0) is 20.0 Å². The number of sulfonamides is 2. The third-order valence-electron chi connectivity index (χ3n) is 6.92. The molecule has 3 N–H and O–H groups in total. The van der Waals surface area contributed by atoms with Crippen LogP contribution in [0, 0.1) is 0 Å². The van der Waals surface area contributed by atoms with Crippen LogP contribution in [-0.4, -0.2) is 46.1 Å². The van der Waals surface area contributed by atoms with Crippen LogP contribution in [0.3, 0.4) is 0 Å². The number of hydrogen-bond donors (Lipinski definition) is 3. The van der Waals surface area contributed by atoms with Crippen LogP contribution in [0.5, 0.6) is 0 Å². The first-order valence-electron chi connectivity index (χ1n) is 12.9. The predicted molar refractivity (Wildman–Crippen MR) is 152 cm³/mol. The zero-order valence-corrected chi connectivity index (χ0v) is 24.5. The molecule has 0 unspecified atom stereocenters. The Labute approximate surface area is 234 Å². The van der Waals surface area contributed by atoms with E-state index in [4.69, 9.17) is 0 Å². The molecule has 1 aliphatic heterocycles. The van der Waals surface area contributed by atoms with Crippen molar-refractivity contribution in [2.45, 2.75) is 68.6 Å². The van der Waals surface area contributed by atoms with Gasteiger partial charge in [0.2, 0.25) is 20.0 Å². The summed E-state index contributed by atoms with van der Waals surface area (Å²) in [6, 6.07) is 10.3. The minimum Gasteiger partial charge on any atom is -0.370 e. The molecule has 1 heterocycles. The fourth-order valence-electron chi connectivity index (χ4n) is 4.38. The molecule has 1 saturated heterocycles. The van der Waals surface area contributed by atoms with Gasteiger partial charge in [0.15, 0.2) is 0 Å². The lowest BCUT2D eigenvalue weighted by Crippen LogP contribution is -2.40. The Morgan fingerprint density at radius 1 is 0.950 bits per heavy atom. The van der Waals surface area contributed by atoms with E-state index in [1.165, 1.54) is 36.4 Å². The van der Waals surface area contributed by atoms with Gasteiger partial charge in [-0.05, 0) is 95.3 Å². The van der Waals surface area contributed by atoms with Gasteiger partial charge in [-0.2, -0.15) is 8.78 Å². The Kier molecular flexibility index (Phi) is 8.05. The SMILES string of the molecule is CC(C)(C)NS(=O)(=O)c1cccc(NC(=O)c2ccc(NS(=O)(=O)C3(C)CC3)cc2N2CCC(=C(F)F)CC2)c1. The molecule has 1 amide bonds. The average molecular weight is 597 g/mol. The molecule has 218 valence electrons. The maximum Gasteiger partial charge on any atom is 0.269 e. The van der Waals surface area contributed by atoms with Crippen LogP contribution >= 0.6 is 0 Å². The molecule has 0 aromatic heterocycles. The van der Waals surface area contributed by atoms with E-state index in [-0.39, 0.29) is 53.3 Å². The highest BCUT2D eigenvalue weighted by Gasteiger charge is 2.50. The fourth-order valence-corrected chi connectivity index (χ4v) is 7.17. The lowest BCUT2D eigenvalue weighted by molar-refractivity contribution is 0.102. The van der Waals surface area contributed by atoms with E-state index in [0.29, 0.717) is 18.5 Å². The molecule has 0 bridgehead atoms. The Balaban J connectivity index is 1.64. The summed E-state index contributed by atoms with van der Waals surface area (Å²) in [6.07, 6.45) is -0.388. The lowest BCUT2D eigenvalue weighted by atomic mass is 10.0. The van der Waals surface area contributed by atoms with Gasteiger partial charge in [0, 0.05) is 24.3 Å². The summed E-state index contributed by atoms with van der Waals surface area (Å²) in [6.45, 7) is 7.24. The van der Waals surface area contributed by atoms with Gasteiger partial charge < -0.3 is 10.2 Å². The van der Waals surface area contributed by atoms with Crippen molar-refractivity contribution in [3.05, 3.63) is 59.7 Å². The smallest absolute Gasteiger partial charge is 0.269 e. The number of piperidine rings is 1. The van der Waals surface area contributed by atoms with Gasteiger partial charge in [-0.1, -0.05) is 6.07 Å². The summed E-state index contributed by atoms with van der Waals surface area (Å²) in [7, 11) is -7.51. The van der Waals surface area contributed by atoms with Crippen molar-refractivity contribution in [3.8, 4) is 0 Å². The summed E-state index contributed by atoms with van der Waals surface area (Å²) >= 11 is 0. The highest BCUT2D eigenvalue weighted by molar-refractivity contribution is 7.94. The largest absolute Gasteiger partial charge is 0.370 e. The maximum atomic E-state index is 13.4. The average Bonchev–Trinajstić information content (AvgIpc) is 3.62. The van der Waals surface area contributed by atoms with E-state index in [2.05, 4.69) is 14.8 Å². The van der Waals surface area contributed by atoms with Gasteiger partial charge in [-0.25, -0.2) is 21.6 Å². The summed E-state index contributed by atoms with van der Waals surface area (Å²) in [5, 5.41) is 2.72. The maximum absolute atomic E-state index is 13.4. The Hall–Kier alpha value is -3.03. The highest BCUT2D eigenvalue weighted by Crippen LogP contribution is 2.43. The van der Waals surface area contributed by atoms with Gasteiger partial charge in [-0.3, -0.25) is 9.52 Å². The van der Waals surface area contributed by atoms with E-state index >= 15 is 0 Å². The third kappa shape index (κ3) is 6.81. The van der Waals surface area contributed by atoms with E-state index in [1.807, 2.05) is 0 Å². The molecular weight excluding hydrogens is 562 g/mol. The molecule has 0 atom stereocenters. The van der Waals surface area contributed by atoms with E-state index < -0.39 is 42.3 Å². The number of amides is 1. The second kappa shape index (κ2) is 10.7. The topological polar surface area (TPSA) is 125 Å². The molecule has 2 aliphatic rings. The number of nitrogens with one attached hydrogen (secondary N) is 3. The molecule has 4 rings (SSSR count). The van der Waals surface area contributed by atoms with Crippen molar-refractivity contribution >= 4 is 43.0 Å². The Morgan fingerprint density at radius 2 is 1.60 bits per heavy atom. The van der Waals surface area contributed by atoms with Crippen LogP contribution < -0.4 is 19.7 Å². The summed E-state index contributed by atoms with van der Waals surface area (Å²) < 4.78 is 81.8. The van der Waals surface area contributed by atoms with Crippen LogP contribution in [0.15, 0.2) is 59.0 Å². The molecule has 0 spiro atoms. The minimum atomic E-state index is -3.85. The Morgan fingerprint density at radius 3 is 2.17 bits per heavy atom. The van der Waals surface area contributed by atoms with Crippen molar-refractivity contribution in [1.29, 1.82) is 0 Å². The first kappa shape index (κ1) is 29.9. The quantitative estimate of drug-likeness (QED) is 0.391. The van der Waals surface area contributed by atoms with Crippen LogP contribution in [0.4, 0.5) is 25.8 Å². The van der Waals surface area contributed by atoms with Crippen molar-refractivity contribution < 1.29 is 30.4 Å². The van der Waals surface area contributed by atoms with Gasteiger partial charge >= 0.3 is 0 Å². The number of hydrogen-bond acceptors (Lipinski definition) is 6. The molecule has 0 radical (unpaired) electrons. The number of rotatable bonds is 8. The van der Waals surface area contributed by atoms with Crippen molar-refractivity contribution in [2.24, 2.45) is 0 Å². The monoisotopic (exact) mass is 596 g/mol. The number of nitrogens with zero attached hydrogens (tertiary/aromatic N) is 1. The first-order chi connectivity index (χ1) is 18.5. The van der Waals surface area contributed by atoms with E-state index in [1.54, 1.807) is 38.7 Å². The normalized spacial score (nSPS) is 17.4. The standard InChI is InChI=1S/C27H34F2N4O5S2/c1-26(2,3)32-39(35,36)21-7-5-6-19(16-21)30-25(34)22-9-8-20(31-40(37,38)27(4)12-13-27)17-23(22)33-14-10-18(11-15-33)24(28)29/h5-9,16-17,31-32H,10-15H2,1-4H3,(H,30,34). The predicted octanol–water partition coefficient (Wildman–Crippen LogP) is 5.06. The summed E-state index contributed by atoms with van der Waals surface area (Å²) in [5.74, 6) is -0.560. The molecule has 2 aromatic carbocycles. The van der Waals surface area contributed by atoms with Crippen LogP contribution in [0.25, 0.3) is 0 Å². The fraction of sp³-hybridized carbons (Fsp3) is 0.444. The number of carbonyl (C=O) groups is 1. The Bertz CT molecular complexity index is 1550. The van der Waals surface area contributed by atoms with Gasteiger partial charge in [-0.15, -0.1) is 0 Å². The molecule has 1 aliphatic carbocycles. The lowest BCUT2D eigenvalue weighted by Gasteiger charge is -2.32. The second-order valence-electron chi connectivity index (χ2n) is 11.5.